The van der Waals surface area contributed by atoms with Crippen molar-refractivity contribution < 1.29 is 0 Å². The van der Waals surface area contributed by atoms with E-state index in [2.05, 4.69) is 27.1 Å². The van der Waals surface area contributed by atoms with Crippen molar-refractivity contribution in [3.05, 3.63) is 23.8 Å². The van der Waals surface area contributed by atoms with Crippen LogP contribution in [0, 0.1) is 18.8 Å². The molecule has 0 saturated heterocycles. The summed E-state index contributed by atoms with van der Waals surface area (Å²) in [4.78, 5) is 0. The summed E-state index contributed by atoms with van der Waals surface area (Å²) in [6.45, 7) is 2.08. The molecular weight excluding hydrogens is 250 g/mol. The average molecular weight is 269 g/mol. The van der Waals surface area contributed by atoms with Crippen molar-refractivity contribution in [2.45, 2.75) is 38.6 Å². The molecule has 0 aliphatic heterocycles. The summed E-state index contributed by atoms with van der Waals surface area (Å²) in [5, 5.41) is 12.5. The number of hydrogen-bond donors (Lipinski definition) is 1. The van der Waals surface area contributed by atoms with Gasteiger partial charge in [-0.1, -0.05) is 6.07 Å². The van der Waals surface area contributed by atoms with Crippen LogP contribution in [0.25, 0.3) is 11.4 Å². The maximum absolute atomic E-state index is 5.93. The molecule has 1 aromatic carbocycles. The van der Waals surface area contributed by atoms with Crippen LogP contribution in [0.15, 0.2) is 18.2 Å². The summed E-state index contributed by atoms with van der Waals surface area (Å²) in [5.41, 5.74) is 8.91. The Labute approximate surface area is 118 Å². The number of nitrogens with zero attached hydrogens (tertiary/aromatic N) is 4. The van der Waals surface area contributed by atoms with E-state index in [1.807, 2.05) is 18.2 Å². The van der Waals surface area contributed by atoms with Crippen LogP contribution in [0.4, 0.5) is 5.69 Å². The molecule has 2 fully saturated rings. The Bertz CT molecular complexity index is 627. The lowest BCUT2D eigenvalue weighted by atomic mass is 10.0. The second kappa shape index (κ2) is 4.30. The lowest BCUT2D eigenvalue weighted by Gasteiger charge is -2.18. The van der Waals surface area contributed by atoms with Gasteiger partial charge >= 0.3 is 0 Å². The van der Waals surface area contributed by atoms with Crippen LogP contribution in [-0.2, 0) is 0 Å². The van der Waals surface area contributed by atoms with E-state index < -0.39 is 0 Å². The van der Waals surface area contributed by atoms with Crippen LogP contribution < -0.4 is 5.73 Å². The van der Waals surface area contributed by atoms with Gasteiger partial charge < -0.3 is 5.73 Å². The summed E-state index contributed by atoms with van der Waals surface area (Å²) >= 11 is 0. The summed E-state index contributed by atoms with van der Waals surface area (Å²) in [5.74, 6) is 2.41. The van der Waals surface area contributed by atoms with Crippen molar-refractivity contribution in [1.29, 1.82) is 0 Å². The summed E-state index contributed by atoms with van der Waals surface area (Å²) < 4.78 is 2.07. The number of anilines is 1. The van der Waals surface area contributed by atoms with Gasteiger partial charge in [0.05, 0.1) is 6.04 Å². The van der Waals surface area contributed by atoms with Crippen LogP contribution in [0.3, 0.4) is 0 Å². The van der Waals surface area contributed by atoms with Crippen molar-refractivity contribution in [3.8, 4) is 11.4 Å². The number of rotatable bonds is 4. The lowest BCUT2D eigenvalue weighted by molar-refractivity contribution is 0.357. The number of nitrogens with two attached hydrogens (primary N) is 1. The standard InChI is InChI=1S/C15H19N5/c1-9-2-7-12(16)8-13(9)15-17-18-19-20(15)14(10-3-4-10)11-5-6-11/h2,7-8,10-11,14H,3-6,16H2,1H3. The van der Waals surface area contributed by atoms with E-state index in [1.165, 1.54) is 31.2 Å². The monoisotopic (exact) mass is 269 g/mol. The molecule has 2 saturated carbocycles. The Kier molecular flexibility index (Phi) is 2.55. The molecule has 0 spiro atoms. The Morgan fingerprint density at radius 2 is 1.90 bits per heavy atom. The number of aryl methyl sites for hydroxylation is 1. The first-order valence-corrected chi connectivity index (χ1v) is 7.38. The Morgan fingerprint density at radius 1 is 1.20 bits per heavy atom. The number of tetrazole rings is 1. The van der Waals surface area contributed by atoms with Gasteiger partial charge in [-0.2, -0.15) is 0 Å². The van der Waals surface area contributed by atoms with Crippen molar-refractivity contribution in [2.24, 2.45) is 11.8 Å². The fourth-order valence-electron chi connectivity index (χ4n) is 3.11. The highest BCUT2D eigenvalue weighted by molar-refractivity contribution is 5.65. The molecule has 4 rings (SSSR count). The van der Waals surface area contributed by atoms with Gasteiger partial charge in [-0.3, -0.25) is 0 Å². The SMILES string of the molecule is Cc1ccc(N)cc1-c1nnnn1C(C1CC1)C1CC1. The van der Waals surface area contributed by atoms with Crippen LogP contribution >= 0.6 is 0 Å². The third-order valence-electron chi connectivity index (χ3n) is 4.49. The summed E-state index contributed by atoms with van der Waals surface area (Å²) in [6, 6.07) is 6.42. The summed E-state index contributed by atoms with van der Waals surface area (Å²) in [7, 11) is 0. The second-order valence-electron chi connectivity index (χ2n) is 6.19. The Morgan fingerprint density at radius 3 is 2.55 bits per heavy atom. The number of hydrogen-bond acceptors (Lipinski definition) is 4. The zero-order valence-corrected chi connectivity index (χ0v) is 11.7. The second-order valence-corrected chi connectivity index (χ2v) is 6.19. The lowest BCUT2D eigenvalue weighted by Crippen LogP contribution is -2.16. The molecule has 20 heavy (non-hydrogen) atoms. The van der Waals surface area contributed by atoms with E-state index in [0.29, 0.717) is 6.04 Å². The normalized spacial score (nSPS) is 18.7. The van der Waals surface area contributed by atoms with Gasteiger partial charge in [0.2, 0.25) is 0 Å². The van der Waals surface area contributed by atoms with Crippen molar-refractivity contribution in [1.82, 2.24) is 20.2 Å². The van der Waals surface area contributed by atoms with Gasteiger partial charge in [0.25, 0.3) is 0 Å². The minimum Gasteiger partial charge on any atom is -0.399 e. The van der Waals surface area contributed by atoms with Crippen LogP contribution in [0.2, 0.25) is 0 Å². The van der Waals surface area contributed by atoms with Crippen molar-refractivity contribution in [2.75, 3.05) is 5.73 Å². The van der Waals surface area contributed by atoms with E-state index in [-0.39, 0.29) is 0 Å². The van der Waals surface area contributed by atoms with Crippen LogP contribution in [0.1, 0.15) is 37.3 Å². The van der Waals surface area contributed by atoms with Gasteiger partial charge in [-0.25, -0.2) is 4.68 Å². The smallest absolute Gasteiger partial charge is 0.182 e. The fourth-order valence-corrected chi connectivity index (χ4v) is 3.11. The minimum absolute atomic E-state index is 0.487. The maximum Gasteiger partial charge on any atom is 0.182 e. The van der Waals surface area contributed by atoms with E-state index in [9.17, 15) is 0 Å². The zero-order valence-electron chi connectivity index (χ0n) is 11.7. The molecule has 0 radical (unpaired) electrons. The molecule has 1 heterocycles. The fraction of sp³-hybridized carbons (Fsp3) is 0.533. The van der Waals surface area contributed by atoms with Gasteiger partial charge in [0, 0.05) is 11.3 Å². The first-order chi connectivity index (χ1) is 9.74. The maximum atomic E-state index is 5.93. The van der Waals surface area contributed by atoms with Gasteiger partial charge in [-0.05, 0) is 72.6 Å². The highest BCUT2D eigenvalue weighted by atomic mass is 15.6. The predicted molar refractivity (Wildman–Crippen MR) is 76.9 cm³/mol. The zero-order chi connectivity index (χ0) is 13.7. The molecule has 104 valence electrons. The van der Waals surface area contributed by atoms with E-state index in [0.717, 1.165) is 28.9 Å². The molecule has 2 aliphatic carbocycles. The highest BCUT2D eigenvalue weighted by Gasteiger charge is 2.44. The number of nitrogen functional groups attached to an aromatic ring is 1. The molecule has 2 aliphatic rings. The quantitative estimate of drug-likeness (QED) is 0.866. The molecule has 0 atom stereocenters. The highest BCUT2D eigenvalue weighted by Crippen LogP contribution is 2.52. The molecule has 0 unspecified atom stereocenters. The first kappa shape index (κ1) is 11.9. The largest absolute Gasteiger partial charge is 0.399 e. The average Bonchev–Trinajstić information content (AvgIpc) is 3.34. The number of aromatic nitrogens is 4. The van der Waals surface area contributed by atoms with Crippen molar-refractivity contribution in [3.63, 3.8) is 0 Å². The predicted octanol–water partition coefficient (Wildman–Crippen LogP) is 2.59. The topological polar surface area (TPSA) is 69.6 Å². The molecule has 5 nitrogen and oxygen atoms in total. The Balaban J connectivity index is 1.79. The van der Waals surface area contributed by atoms with E-state index >= 15 is 0 Å². The molecule has 5 heteroatoms. The molecule has 1 aromatic heterocycles. The summed E-state index contributed by atoms with van der Waals surface area (Å²) in [6.07, 6.45) is 5.26. The first-order valence-electron chi connectivity index (χ1n) is 7.38. The molecule has 0 bridgehead atoms. The van der Waals surface area contributed by atoms with Crippen molar-refractivity contribution >= 4 is 5.69 Å². The third kappa shape index (κ3) is 1.97. The van der Waals surface area contributed by atoms with E-state index in [4.69, 9.17) is 5.73 Å². The van der Waals surface area contributed by atoms with Crippen LogP contribution in [-0.4, -0.2) is 20.2 Å². The van der Waals surface area contributed by atoms with Crippen LogP contribution in [0.5, 0.6) is 0 Å². The number of benzene rings is 1. The third-order valence-corrected chi connectivity index (χ3v) is 4.49. The molecule has 2 N–H and O–H groups in total. The van der Waals surface area contributed by atoms with Gasteiger partial charge in [0.1, 0.15) is 0 Å². The van der Waals surface area contributed by atoms with Gasteiger partial charge in [-0.15, -0.1) is 5.10 Å². The minimum atomic E-state index is 0.487. The van der Waals surface area contributed by atoms with Gasteiger partial charge in [0.15, 0.2) is 5.82 Å². The molecular formula is C15H19N5. The van der Waals surface area contributed by atoms with E-state index in [1.54, 1.807) is 0 Å². The Hall–Kier alpha value is -1.91. The molecule has 0 amide bonds. The molecule has 2 aromatic rings.